The highest BCUT2D eigenvalue weighted by molar-refractivity contribution is 5.97. The molecule has 3 atom stereocenters. The molecule has 2 unspecified atom stereocenters. The average molecular weight is 615 g/mol. The van der Waals surface area contributed by atoms with Crippen LogP contribution in [0.1, 0.15) is 92.8 Å². The number of benzene rings is 3. The van der Waals surface area contributed by atoms with Crippen LogP contribution in [0.15, 0.2) is 73.1 Å². The van der Waals surface area contributed by atoms with Crippen LogP contribution in [0.3, 0.4) is 0 Å². The minimum atomic E-state index is -0.716. The standard InChI is InChI=1S/C36H47FN6O2/c1-5-21-43(22-6-2)23-9-12-33(36(45)41-25(3)29-17-18-32(37)31-11-8-7-10-30(29)31)42-35(44)28-15-13-27(14-16-28)24-40-26(4)34-38-19-20-39-34/h7-8,10-11,13-20,25-26,33,40H,5-6,9,12,21-24H2,1-4H3,(H,38,39)(H,41,45)(H,42,44)/t25?,26?,33-/m0/s1. The third-order valence-electron chi connectivity index (χ3n) is 8.16. The zero-order valence-corrected chi connectivity index (χ0v) is 26.9. The van der Waals surface area contributed by atoms with Crippen molar-refractivity contribution in [3.63, 3.8) is 0 Å². The van der Waals surface area contributed by atoms with Crippen LogP contribution in [-0.4, -0.2) is 52.4 Å². The van der Waals surface area contributed by atoms with Crippen molar-refractivity contribution >= 4 is 22.6 Å². The molecule has 0 saturated heterocycles. The lowest BCUT2D eigenvalue weighted by Crippen LogP contribution is -2.47. The number of hydrogen-bond acceptors (Lipinski definition) is 5. The lowest BCUT2D eigenvalue weighted by molar-refractivity contribution is -0.123. The van der Waals surface area contributed by atoms with Crippen LogP contribution in [-0.2, 0) is 11.3 Å². The number of fused-ring (bicyclic) bond motifs is 1. The summed E-state index contributed by atoms with van der Waals surface area (Å²) in [5.74, 6) is 0.0207. The van der Waals surface area contributed by atoms with Gasteiger partial charge < -0.3 is 25.8 Å². The van der Waals surface area contributed by atoms with E-state index in [0.717, 1.165) is 61.2 Å². The van der Waals surface area contributed by atoms with Crippen molar-refractivity contribution < 1.29 is 14.0 Å². The van der Waals surface area contributed by atoms with Crippen molar-refractivity contribution in [3.05, 3.63) is 101 Å². The third-order valence-corrected chi connectivity index (χ3v) is 8.16. The Morgan fingerprint density at radius 1 is 0.889 bits per heavy atom. The summed E-state index contributed by atoms with van der Waals surface area (Å²) in [4.78, 5) is 36.9. The highest BCUT2D eigenvalue weighted by atomic mass is 19.1. The number of amides is 2. The molecule has 2 amide bonds. The van der Waals surface area contributed by atoms with Crippen molar-refractivity contribution in [3.8, 4) is 0 Å². The molecule has 1 aromatic heterocycles. The lowest BCUT2D eigenvalue weighted by atomic mass is 9.98. The van der Waals surface area contributed by atoms with E-state index in [1.54, 1.807) is 42.7 Å². The first-order valence-corrected chi connectivity index (χ1v) is 16.1. The summed E-state index contributed by atoms with van der Waals surface area (Å²) in [5, 5.41) is 10.8. The Morgan fingerprint density at radius 2 is 1.60 bits per heavy atom. The number of nitrogens with one attached hydrogen (secondary N) is 4. The van der Waals surface area contributed by atoms with Gasteiger partial charge in [0.1, 0.15) is 17.7 Å². The van der Waals surface area contributed by atoms with Crippen LogP contribution in [0.5, 0.6) is 0 Å². The quantitative estimate of drug-likeness (QED) is 0.110. The van der Waals surface area contributed by atoms with Crippen LogP contribution < -0.4 is 16.0 Å². The van der Waals surface area contributed by atoms with E-state index in [2.05, 4.69) is 44.7 Å². The summed E-state index contributed by atoms with van der Waals surface area (Å²) < 4.78 is 14.5. The van der Waals surface area contributed by atoms with E-state index in [0.29, 0.717) is 23.9 Å². The molecule has 8 nitrogen and oxygen atoms in total. The summed E-state index contributed by atoms with van der Waals surface area (Å²) in [6, 6.07) is 16.8. The molecular weight excluding hydrogens is 567 g/mol. The third kappa shape index (κ3) is 9.45. The van der Waals surface area contributed by atoms with Gasteiger partial charge in [0.05, 0.1) is 12.1 Å². The normalized spacial score (nSPS) is 13.5. The number of imidazole rings is 1. The van der Waals surface area contributed by atoms with Crippen LogP contribution in [0.4, 0.5) is 4.39 Å². The number of H-pyrrole nitrogens is 1. The van der Waals surface area contributed by atoms with Gasteiger partial charge in [0.15, 0.2) is 0 Å². The Morgan fingerprint density at radius 3 is 2.27 bits per heavy atom. The lowest BCUT2D eigenvalue weighted by Gasteiger charge is -2.25. The maximum absolute atomic E-state index is 14.5. The van der Waals surface area contributed by atoms with Gasteiger partial charge in [-0.1, -0.05) is 56.3 Å². The summed E-state index contributed by atoms with van der Waals surface area (Å²) in [5.41, 5.74) is 2.35. The zero-order chi connectivity index (χ0) is 32.2. The largest absolute Gasteiger partial charge is 0.348 e. The SMILES string of the molecule is CCCN(CCC)CCC[C@H](NC(=O)c1ccc(CNC(C)c2ncc[nH]2)cc1)C(=O)NC(C)c1ccc(F)c2ccccc12. The van der Waals surface area contributed by atoms with E-state index in [9.17, 15) is 14.0 Å². The molecule has 0 saturated carbocycles. The Bertz CT molecular complexity index is 1500. The summed E-state index contributed by atoms with van der Waals surface area (Å²) >= 11 is 0. The van der Waals surface area contributed by atoms with Gasteiger partial charge in [0, 0.05) is 29.9 Å². The number of carbonyl (C=O) groups excluding carboxylic acids is 2. The summed E-state index contributed by atoms with van der Waals surface area (Å²) in [6.45, 7) is 11.8. The molecule has 0 spiro atoms. The molecule has 3 aromatic carbocycles. The summed E-state index contributed by atoms with van der Waals surface area (Å²) in [6.07, 6.45) is 6.93. The van der Waals surface area contributed by atoms with Crippen LogP contribution in [0, 0.1) is 5.82 Å². The molecule has 4 rings (SSSR count). The van der Waals surface area contributed by atoms with E-state index in [1.165, 1.54) is 6.07 Å². The van der Waals surface area contributed by atoms with Crippen LogP contribution in [0.25, 0.3) is 10.8 Å². The molecular formula is C36H47FN6O2. The average Bonchev–Trinajstić information content (AvgIpc) is 3.59. The van der Waals surface area contributed by atoms with Gasteiger partial charge in [-0.05, 0) is 93.9 Å². The Labute approximate surface area is 266 Å². The van der Waals surface area contributed by atoms with Gasteiger partial charge in [0.25, 0.3) is 5.91 Å². The molecule has 0 bridgehead atoms. The van der Waals surface area contributed by atoms with Crippen LogP contribution in [0.2, 0.25) is 0 Å². The minimum Gasteiger partial charge on any atom is -0.348 e. The second-order valence-electron chi connectivity index (χ2n) is 11.7. The van der Waals surface area contributed by atoms with Gasteiger partial charge in [-0.3, -0.25) is 9.59 Å². The zero-order valence-electron chi connectivity index (χ0n) is 26.9. The monoisotopic (exact) mass is 614 g/mol. The van der Waals surface area contributed by atoms with Crippen LogP contribution >= 0.6 is 0 Å². The van der Waals surface area contributed by atoms with E-state index in [1.807, 2.05) is 38.1 Å². The maximum atomic E-state index is 14.5. The smallest absolute Gasteiger partial charge is 0.251 e. The van der Waals surface area contributed by atoms with Gasteiger partial charge >= 0.3 is 0 Å². The topological polar surface area (TPSA) is 102 Å². The fourth-order valence-electron chi connectivity index (χ4n) is 5.71. The second-order valence-corrected chi connectivity index (χ2v) is 11.7. The van der Waals surface area contributed by atoms with Gasteiger partial charge in [-0.2, -0.15) is 0 Å². The van der Waals surface area contributed by atoms with Crippen molar-refractivity contribution in [1.29, 1.82) is 0 Å². The number of halogens is 1. The molecule has 1 heterocycles. The van der Waals surface area contributed by atoms with E-state index in [4.69, 9.17) is 0 Å². The molecule has 0 aliphatic rings. The Balaban J connectivity index is 1.43. The molecule has 240 valence electrons. The Kier molecular flexibility index (Phi) is 12.7. The molecule has 0 aliphatic carbocycles. The fourth-order valence-corrected chi connectivity index (χ4v) is 5.71. The Hall–Kier alpha value is -4.08. The predicted molar refractivity (Wildman–Crippen MR) is 178 cm³/mol. The van der Waals surface area contributed by atoms with Crippen molar-refractivity contribution in [1.82, 2.24) is 30.8 Å². The number of carbonyl (C=O) groups is 2. The fraction of sp³-hybridized carbons (Fsp3) is 0.417. The van der Waals surface area contributed by atoms with E-state index < -0.39 is 6.04 Å². The first kappa shape index (κ1) is 33.8. The molecule has 0 fully saturated rings. The highest BCUT2D eigenvalue weighted by Crippen LogP contribution is 2.26. The first-order valence-electron chi connectivity index (χ1n) is 16.1. The van der Waals surface area contributed by atoms with E-state index >= 15 is 0 Å². The number of aromatic nitrogens is 2. The minimum absolute atomic E-state index is 0.0584. The molecule has 0 aliphatic heterocycles. The van der Waals surface area contributed by atoms with Crippen molar-refractivity contribution in [2.24, 2.45) is 0 Å². The van der Waals surface area contributed by atoms with Crippen molar-refractivity contribution in [2.75, 3.05) is 19.6 Å². The molecule has 45 heavy (non-hydrogen) atoms. The molecule has 9 heteroatoms. The number of hydrogen-bond donors (Lipinski definition) is 4. The van der Waals surface area contributed by atoms with Crippen molar-refractivity contribution in [2.45, 2.75) is 78.0 Å². The first-order chi connectivity index (χ1) is 21.8. The number of nitrogens with zero attached hydrogens (tertiary/aromatic N) is 2. The molecule has 4 N–H and O–H groups in total. The predicted octanol–water partition coefficient (Wildman–Crippen LogP) is 6.43. The maximum Gasteiger partial charge on any atom is 0.251 e. The van der Waals surface area contributed by atoms with Gasteiger partial charge in [0.2, 0.25) is 5.91 Å². The van der Waals surface area contributed by atoms with Gasteiger partial charge in [-0.15, -0.1) is 0 Å². The summed E-state index contributed by atoms with van der Waals surface area (Å²) in [7, 11) is 0. The second kappa shape index (κ2) is 16.8. The highest BCUT2D eigenvalue weighted by Gasteiger charge is 2.24. The molecule has 4 aromatic rings. The van der Waals surface area contributed by atoms with E-state index in [-0.39, 0.29) is 29.7 Å². The van der Waals surface area contributed by atoms with Gasteiger partial charge in [-0.25, -0.2) is 9.37 Å². The number of aromatic amines is 1. The number of rotatable bonds is 17. The molecule has 0 radical (unpaired) electrons.